The fraction of sp³-hybridized carbons (Fsp3) is 0.375. The standard InChI is InChI=1S/C14H17NO2.C2Cl2O2/c1-15(12-5-3-2-4-6-12)14(17)11-7-9-13(16)10-8-11;3-1(5)2(4)6/h2-6,11H,7-10H2,1H3;. The van der Waals surface area contributed by atoms with Crippen LogP contribution in [0.1, 0.15) is 25.7 Å². The van der Waals surface area contributed by atoms with Gasteiger partial charge in [-0.15, -0.1) is 0 Å². The van der Waals surface area contributed by atoms with Crippen LogP contribution < -0.4 is 4.90 Å². The van der Waals surface area contributed by atoms with Crippen LogP contribution in [0.25, 0.3) is 0 Å². The highest BCUT2D eigenvalue weighted by Crippen LogP contribution is 2.25. The smallest absolute Gasteiger partial charge is 0.304 e. The van der Waals surface area contributed by atoms with Gasteiger partial charge in [0.25, 0.3) is 0 Å². The second-order valence-electron chi connectivity index (χ2n) is 5.09. The molecular weight excluding hydrogens is 341 g/mol. The SMILES string of the molecule is CN(C(=O)C1CCC(=O)CC1)c1ccccc1.O=C(Cl)C(=O)Cl. The Morgan fingerprint density at radius 3 is 1.91 bits per heavy atom. The van der Waals surface area contributed by atoms with E-state index >= 15 is 0 Å². The first kappa shape index (κ1) is 19.3. The molecule has 1 aromatic carbocycles. The number of anilines is 1. The molecule has 7 heteroatoms. The molecule has 0 N–H and O–H groups in total. The van der Waals surface area contributed by atoms with Crippen molar-refractivity contribution in [3.63, 3.8) is 0 Å². The minimum Gasteiger partial charge on any atom is -0.315 e. The van der Waals surface area contributed by atoms with Gasteiger partial charge in [0.05, 0.1) is 0 Å². The molecule has 0 saturated heterocycles. The monoisotopic (exact) mass is 357 g/mol. The second-order valence-corrected chi connectivity index (χ2v) is 5.78. The van der Waals surface area contributed by atoms with E-state index in [1.807, 2.05) is 30.3 Å². The third-order valence-corrected chi connectivity index (χ3v) is 3.96. The Kier molecular flexibility index (Phi) is 7.92. The van der Waals surface area contributed by atoms with Crippen molar-refractivity contribution in [3.8, 4) is 0 Å². The summed E-state index contributed by atoms with van der Waals surface area (Å²) in [6.07, 6.45) is 2.52. The zero-order valence-corrected chi connectivity index (χ0v) is 14.1. The lowest BCUT2D eigenvalue weighted by atomic mass is 9.87. The summed E-state index contributed by atoms with van der Waals surface area (Å²) >= 11 is 8.98. The number of Topliss-reactive ketones (excluding diaryl/α,β-unsaturated/α-hetero) is 1. The van der Waals surface area contributed by atoms with E-state index in [4.69, 9.17) is 0 Å². The predicted molar refractivity (Wildman–Crippen MR) is 88.5 cm³/mol. The normalized spacial score (nSPS) is 14.5. The van der Waals surface area contributed by atoms with Gasteiger partial charge in [0.15, 0.2) is 0 Å². The first-order valence-corrected chi connectivity index (χ1v) is 7.82. The van der Waals surface area contributed by atoms with Gasteiger partial charge in [0, 0.05) is 31.5 Å². The predicted octanol–water partition coefficient (Wildman–Crippen LogP) is 2.93. The largest absolute Gasteiger partial charge is 0.315 e. The van der Waals surface area contributed by atoms with E-state index < -0.39 is 10.5 Å². The first-order chi connectivity index (χ1) is 10.8. The molecule has 0 spiro atoms. The van der Waals surface area contributed by atoms with Crippen LogP contribution in [-0.4, -0.2) is 29.2 Å². The Hall–Kier alpha value is -1.72. The molecular formula is C16H17Cl2NO4. The molecule has 0 radical (unpaired) electrons. The number of halogens is 2. The molecule has 1 saturated carbocycles. The summed E-state index contributed by atoms with van der Waals surface area (Å²) in [7, 11) is 1.80. The molecule has 1 amide bonds. The van der Waals surface area contributed by atoms with E-state index in [-0.39, 0.29) is 17.6 Å². The molecule has 0 heterocycles. The van der Waals surface area contributed by atoms with Crippen molar-refractivity contribution in [2.24, 2.45) is 5.92 Å². The minimum absolute atomic E-state index is 0.0120. The van der Waals surface area contributed by atoms with Crippen LogP contribution in [0.3, 0.4) is 0 Å². The summed E-state index contributed by atoms with van der Waals surface area (Å²) in [6, 6.07) is 9.62. The van der Waals surface area contributed by atoms with E-state index in [2.05, 4.69) is 23.2 Å². The Bertz CT molecular complexity index is 567. The van der Waals surface area contributed by atoms with Gasteiger partial charge in [-0.25, -0.2) is 0 Å². The molecule has 0 atom stereocenters. The lowest BCUT2D eigenvalue weighted by Gasteiger charge is -2.26. The van der Waals surface area contributed by atoms with E-state index in [0.717, 1.165) is 5.69 Å². The van der Waals surface area contributed by atoms with Gasteiger partial charge in [-0.1, -0.05) is 18.2 Å². The number of para-hydroxylation sites is 1. The van der Waals surface area contributed by atoms with Crippen molar-refractivity contribution in [1.29, 1.82) is 0 Å². The van der Waals surface area contributed by atoms with Crippen LogP contribution >= 0.6 is 23.2 Å². The van der Waals surface area contributed by atoms with Gasteiger partial charge >= 0.3 is 10.5 Å². The zero-order chi connectivity index (χ0) is 17.4. The number of carbonyl (C=O) groups excluding carboxylic acids is 4. The van der Waals surface area contributed by atoms with Gasteiger partial charge < -0.3 is 4.90 Å². The number of hydrogen-bond acceptors (Lipinski definition) is 4. The summed E-state index contributed by atoms with van der Waals surface area (Å²) in [5.74, 6) is 0.429. The summed E-state index contributed by atoms with van der Waals surface area (Å²) < 4.78 is 0. The number of benzene rings is 1. The van der Waals surface area contributed by atoms with Crippen molar-refractivity contribution >= 4 is 51.1 Å². The molecule has 1 aromatic rings. The van der Waals surface area contributed by atoms with E-state index in [9.17, 15) is 19.2 Å². The van der Waals surface area contributed by atoms with Gasteiger partial charge in [-0.3, -0.25) is 19.2 Å². The van der Waals surface area contributed by atoms with Crippen molar-refractivity contribution in [1.82, 2.24) is 0 Å². The van der Waals surface area contributed by atoms with Crippen molar-refractivity contribution < 1.29 is 19.2 Å². The molecule has 124 valence electrons. The summed E-state index contributed by atoms with van der Waals surface area (Å²) in [5, 5.41) is -2.28. The molecule has 0 aromatic heterocycles. The maximum atomic E-state index is 12.2. The second kappa shape index (κ2) is 9.43. The van der Waals surface area contributed by atoms with E-state index in [0.29, 0.717) is 25.7 Å². The summed E-state index contributed by atoms with van der Waals surface area (Å²) in [5.41, 5.74) is 0.911. The zero-order valence-electron chi connectivity index (χ0n) is 12.6. The molecule has 2 rings (SSSR count). The third-order valence-electron chi connectivity index (χ3n) is 3.52. The molecule has 1 aliphatic carbocycles. The van der Waals surface area contributed by atoms with Crippen LogP contribution in [0.4, 0.5) is 5.69 Å². The molecule has 1 fully saturated rings. The summed E-state index contributed by atoms with van der Waals surface area (Å²) in [4.78, 5) is 43.9. The van der Waals surface area contributed by atoms with E-state index in [1.54, 1.807) is 11.9 Å². The van der Waals surface area contributed by atoms with Gasteiger partial charge in [-0.05, 0) is 48.2 Å². The number of amides is 1. The average molecular weight is 358 g/mol. The first-order valence-electron chi connectivity index (χ1n) is 7.06. The Balaban J connectivity index is 0.000000379. The number of nitrogens with zero attached hydrogens (tertiary/aromatic N) is 1. The van der Waals surface area contributed by atoms with Crippen molar-refractivity contribution in [2.45, 2.75) is 25.7 Å². The number of hydrogen-bond donors (Lipinski definition) is 0. The highest BCUT2D eigenvalue weighted by atomic mass is 35.5. The molecule has 0 aliphatic heterocycles. The fourth-order valence-electron chi connectivity index (χ4n) is 2.24. The number of rotatable bonds is 3. The lowest BCUT2D eigenvalue weighted by molar-refractivity contribution is -0.127. The molecule has 5 nitrogen and oxygen atoms in total. The third kappa shape index (κ3) is 6.50. The van der Waals surface area contributed by atoms with Gasteiger partial charge in [0.1, 0.15) is 5.78 Å². The van der Waals surface area contributed by atoms with E-state index in [1.165, 1.54) is 0 Å². The number of ketones is 1. The Morgan fingerprint density at radius 2 is 1.48 bits per heavy atom. The number of carbonyl (C=O) groups is 4. The molecule has 0 unspecified atom stereocenters. The highest BCUT2D eigenvalue weighted by Gasteiger charge is 2.27. The fourth-order valence-corrected chi connectivity index (χ4v) is 2.24. The molecule has 1 aliphatic rings. The van der Waals surface area contributed by atoms with Crippen molar-refractivity contribution in [3.05, 3.63) is 30.3 Å². The van der Waals surface area contributed by atoms with Gasteiger partial charge in [0.2, 0.25) is 5.91 Å². The van der Waals surface area contributed by atoms with Crippen LogP contribution in [0.2, 0.25) is 0 Å². The van der Waals surface area contributed by atoms with Gasteiger partial charge in [-0.2, -0.15) is 0 Å². The minimum atomic E-state index is -1.14. The average Bonchev–Trinajstić information content (AvgIpc) is 2.55. The maximum Gasteiger partial charge on any atom is 0.304 e. The topological polar surface area (TPSA) is 71.5 Å². The van der Waals surface area contributed by atoms with Crippen LogP contribution in [0.5, 0.6) is 0 Å². The maximum absolute atomic E-state index is 12.2. The van der Waals surface area contributed by atoms with Crippen LogP contribution in [0, 0.1) is 5.92 Å². The van der Waals surface area contributed by atoms with Crippen LogP contribution in [-0.2, 0) is 19.2 Å². The quantitative estimate of drug-likeness (QED) is 0.615. The Morgan fingerprint density at radius 1 is 1.00 bits per heavy atom. The van der Waals surface area contributed by atoms with Crippen molar-refractivity contribution in [2.75, 3.05) is 11.9 Å². The molecule has 23 heavy (non-hydrogen) atoms. The Labute approximate surface area is 144 Å². The lowest BCUT2D eigenvalue weighted by Crippen LogP contribution is -2.35. The molecule has 0 bridgehead atoms. The highest BCUT2D eigenvalue weighted by molar-refractivity contribution is 6.97. The summed E-state index contributed by atoms with van der Waals surface area (Å²) in [6.45, 7) is 0. The van der Waals surface area contributed by atoms with Crippen LogP contribution in [0.15, 0.2) is 30.3 Å².